The average molecular weight is 259 g/mol. The summed E-state index contributed by atoms with van der Waals surface area (Å²) in [4.78, 5) is 4.27. The van der Waals surface area contributed by atoms with E-state index in [9.17, 15) is 0 Å². The Morgan fingerprint density at radius 2 is 2.28 bits per heavy atom. The average Bonchev–Trinajstić information content (AvgIpc) is 2.97. The van der Waals surface area contributed by atoms with Gasteiger partial charge in [-0.1, -0.05) is 18.6 Å². The lowest BCUT2D eigenvalue weighted by molar-refractivity contribution is 0.746. The molecule has 0 aliphatic heterocycles. The van der Waals surface area contributed by atoms with Crippen LogP contribution in [-0.4, -0.2) is 20.0 Å². The first-order chi connectivity index (χ1) is 8.79. The quantitative estimate of drug-likeness (QED) is 0.784. The fraction of sp³-hybridized carbons (Fsp3) is 0.250. The number of nitrogen functional groups attached to an aromatic ring is 1. The number of fused-ring (bicyclic) bond motifs is 1. The van der Waals surface area contributed by atoms with Crippen molar-refractivity contribution in [3.05, 3.63) is 29.4 Å². The maximum Gasteiger partial charge on any atom is 0.169 e. The number of nitrogens with zero attached hydrogens (tertiary/aromatic N) is 4. The summed E-state index contributed by atoms with van der Waals surface area (Å²) in [5.74, 6) is 0.515. The molecule has 5 nitrogen and oxygen atoms in total. The molecule has 0 unspecified atom stereocenters. The molecule has 0 bridgehead atoms. The highest BCUT2D eigenvalue weighted by atomic mass is 32.1. The van der Waals surface area contributed by atoms with Crippen LogP contribution >= 0.6 is 11.3 Å². The molecule has 0 fully saturated rings. The van der Waals surface area contributed by atoms with E-state index in [1.165, 1.54) is 0 Å². The van der Waals surface area contributed by atoms with Gasteiger partial charge in [0, 0.05) is 0 Å². The highest BCUT2D eigenvalue weighted by molar-refractivity contribution is 7.16. The van der Waals surface area contributed by atoms with Crippen LogP contribution in [0.2, 0.25) is 0 Å². The van der Waals surface area contributed by atoms with E-state index < -0.39 is 0 Å². The number of nitrogens with two attached hydrogens (primary N) is 1. The number of aromatic nitrogens is 4. The van der Waals surface area contributed by atoms with Gasteiger partial charge in [-0.25, -0.2) is 9.67 Å². The van der Waals surface area contributed by atoms with Crippen LogP contribution in [0.3, 0.4) is 0 Å². The number of thiazole rings is 1. The second-order valence-corrected chi connectivity index (χ2v) is 4.97. The van der Waals surface area contributed by atoms with Crippen molar-refractivity contribution in [1.82, 2.24) is 20.0 Å². The van der Waals surface area contributed by atoms with Crippen LogP contribution in [0.4, 0.5) is 5.82 Å². The Bertz CT molecular complexity index is 685. The molecule has 0 aliphatic carbocycles. The van der Waals surface area contributed by atoms with Crippen LogP contribution in [0, 0.1) is 0 Å². The second-order valence-electron chi connectivity index (χ2n) is 4.09. The van der Waals surface area contributed by atoms with E-state index in [0.717, 1.165) is 34.4 Å². The van der Waals surface area contributed by atoms with Gasteiger partial charge in [0.25, 0.3) is 0 Å². The lowest BCUT2D eigenvalue weighted by atomic mass is 10.2. The molecule has 6 heteroatoms. The van der Waals surface area contributed by atoms with E-state index in [2.05, 4.69) is 28.3 Å². The number of rotatable bonds is 3. The first kappa shape index (κ1) is 11.2. The van der Waals surface area contributed by atoms with Gasteiger partial charge >= 0.3 is 0 Å². The summed E-state index contributed by atoms with van der Waals surface area (Å²) in [6.45, 7) is 2.11. The largest absolute Gasteiger partial charge is 0.381 e. The van der Waals surface area contributed by atoms with Gasteiger partial charge in [-0.3, -0.25) is 0 Å². The predicted molar refractivity (Wildman–Crippen MR) is 72.9 cm³/mol. The molecule has 3 rings (SSSR count). The molecule has 0 amide bonds. The Kier molecular flexibility index (Phi) is 2.71. The standard InChI is InChI=1S/C12H13N5S/c1-2-3-10-12(13)15-16-17(10)8-4-5-9-11(6-8)18-7-14-9/h4-7H,2-3,13H2,1H3. The monoisotopic (exact) mass is 259 g/mol. The molecule has 2 heterocycles. The van der Waals surface area contributed by atoms with Crippen molar-refractivity contribution < 1.29 is 0 Å². The highest BCUT2D eigenvalue weighted by Gasteiger charge is 2.11. The molecule has 92 valence electrons. The molecule has 1 aromatic carbocycles. The van der Waals surface area contributed by atoms with Gasteiger partial charge in [-0.05, 0) is 24.6 Å². The lowest BCUT2D eigenvalue weighted by Gasteiger charge is -2.05. The third-order valence-corrected chi connectivity index (χ3v) is 3.63. The van der Waals surface area contributed by atoms with Crippen molar-refractivity contribution in [2.24, 2.45) is 0 Å². The highest BCUT2D eigenvalue weighted by Crippen LogP contribution is 2.23. The van der Waals surface area contributed by atoms with Crippen molar-refractivity contribution >= 4 is 27.4 Å². The minimum absolute atomic E-state index is 0.515. The van der Waals surface area contributed by atoms with Crippen molar-refractivity contribution in [2.75, 3.05) is 5.73 Å². The molecule has 0 saturated carbocycles. The zero-order valence-electron chi connectivity index (χ0n) is 10.00. The van der Waals surface area contributed by atoms with E-state index in [-0.39, 0.29) is 0 Å². The summed E-state index contributed by atoms with van der Waals surface area (Å²) in [5, 5.41) is 8.08. The molecule has 0 atom stereocenters. The summed E-state index contributed by atoms with van der Waals surface area (Å²) < 4.78 is 2.96. The topological polar surface area (TPSA) is 69.6 Å². The first-order valence-electron chi connectivity index (χ1n) is 5.83. The molecule has 2 N–H and O–H groups in total. The summed E-state index contributed by atoms with van der Waals surface area (Å²) >= 11 is 1.62. The fourth-order valence-electron chi connectivity index (χ4n) is 1.97. The Labute approximate surface area is 108 Å². The van der Waals surface area contributed by atoms with Gasteiger partial charge in [-0.15, -0.1) is 16.4 Å². The van der Waals surface area contributed by atoms with E-state index in [4.69, 9.17) is 5.73 Å². The molecular weight excluding hydrogens is 246 g/mol. The number of hydrogen-bond donors (Lipinski definition) is 1. The van der Waals surface area contributed by atoms with Crippen LogP contribution in [0.1, 0.15) is 19.0 Å². The van der Waals surface area contributed by atoms with Crippen molar-refractivity contribution in [2.45, 2.75) is 19.8 Å². The van der Waals surface area contributed by atoms with Gasteiger partial charge in [0.2, 0.25) is 0 Å². The molecular formula is C12H13N5S. The lowest BCUT2D eigenvalue weighted by Crippen LogP contribution is -2.03. The zero-order chi connectivity index (χ0) is 12.5. The van der Waals surface area contributed by atoms with Crippen LogP contribution in [0.25, 0.3) is 15.9 Å². The normalized spacial score (nSPS) is 11.2. The van der Waals surface area contributed by atoms with Gasteiger partial charge in [0.05, 0.1) is 27.1 Å². The fourth-order valence-corrected chi connectivity index (χ4v) is 2.68. The number of benzene rings is 1. The Balaban J connectivity index is 2.13. The predicted octanol–water partition coefficient (Wildman–Crippen LogP) is 2.41. The molecule has 3 aromatic rings. The number of anilines is 1. The van der Waals surface area contributed by atoms with Crippen molar-refractivity contribution in [1.29, 1.82) is 0 Å². The Morgan fingerprint density at radius 1 is 1.39 bits per heavy atom. The molecule has 18 heavy (non-hydrogen) atoms. The smallest absolute Gasteiger partial charge is 0.169 e. The van der Waals surface area contributed by atoms with Gasteiger partial charge in [0.15, 0.2) is 5.82 Å². The van der Waals surface area contributed by atoms with Gasteiger partial charge in [-0.2, -0.15) is 0 Å². The maximum absolute atomic E-state index is 5.85. The summed E-state index contributed by atoms with van der Waals surface area (Å²) in [6.07, 6.45) is 1.89. The van der Waals surface area contributed by atoms with Crippen LogP contribution < -0.4 is 5.73 Å². The second kappa shape index (κ2) is 4.38. The summed E-state index contributed by atoms with van der Waals surface area (Å²) in [6, 6.07) is 6.06. The van der Waals surface area contributed by atoms with Crippen molar-refractivity contribution in [3.8, 4) is 5.69 Å². The minimum Gasteiger partial charge on any atom is -0.381 e. The first-order valence-corrected chi connectivity index (χ1v) is 6.71. The van der Waals surface area contributed by atoms with Gasteiger partial charge in [0.1, 0.15) is 0 Å². The summed E-state index contributed by atoms with van der Waals surface area (Å²) in [5.41, 5.74) is 10.7. The maximum atomic E-state index is 5.85. The van der Waals surface area contributed by atoms with Gasteiger partial charge < -0.3 is 5.73 Å². The number of hydrogen-bond acceptors (Lipinski definition) is 5. The Morgan fingerprint density at radius 3 is 3.11 bits per heavy atom. The molecule has 0 spiro atoms. The van der Waals surface area contributed by atoms with Crippen LogP contribution in [0.5, 0.6) is 0 Å². The van der Waals surface area contributed by atoms with E-state index in [1.807, 2.05) is 22.3 Å². The SMILES string of the molecule is CCCc1c(N)nnn1-c1ccc2ncsc2c1. The van der Waals surface area contributed by atoms with E-state index in [1.54, 1.807) is 11.3 Å². The van der Waals surface area contributed by atoms with Crippen LogP contribution in [-0.2, 0) is 6.42 Å². The molecule has 0 saturated heterocycles. The third kappa shape index (κ3) is 1.74. The van der Waals surface area contributed by atoms with Crippen molar-refractivity contribution in [3.63, 3.8) is 0 Å². The summed E-state index contributed by atoms with van der Waals surface area (Å²) in [7, 11) is 0. The molecule has 2 aromatic heterocycles. The zero-order valence-corrected chi connectivity index (χ0v) is 10.8. The molecule has 0 aliphatic rings. The Hall–Kier alpha value is -1.95. The van der Waals surface area contributed by atoms with Crippen LogP contribution in [0.15, 0.2) is 23.7 Å². The third-order valence-electron chi connectivity index (χ3n) is 2.84. The molecule has 0 radical (unpaired) electrons. The minimum atomic E-state index is 0.515. The van der Waals surface area contributed by atoms with E-state index >= 15 is 0 Å². The van der Waals surface area contributed by atoms with E-state index in [0.29, 0.717) is 5.82 Å².